The summed E-state index contributed by atoms with van der Waals surface area (Å²) in [5.41, 5.74) is 1.13. The van der Waals surface area contributed by atoms with Crippen LogP contribution in [0.5, 0.6) is 11.5 Å². The molecule has 0 atom stereocenters. The van der Waals surface area contributed by atoms with E-state index in [2.05, 4.69) is 11.9 Å². The number of ether oxygens (including phenoxy) is 1. The summed E-state index contributed by atoms with van der Waals surface area (Å²) in [6.07, 6.45) is 0. The summed E-state index contributed by atoms with van der Waals surface area (Å²) in [6, 6.07) is 6.26. The largest absolute Gasteiger partial charge is 0.504 e. The summed E-state index contributed by atoms with van der Waals surface area (Å²) in [7, 11) is 3.74. The van der Waals surface area contributed by atoms with Gasteiger partial charge in [0, 0.05) is 35.6 Å². The Kier molecular flexibility index (Phi) is 5.73. The van der Waals surface area contributed by atoms with Gasteiger partial charge in [-0.05, 0) is 24.7 Å². The Morgan fingerprint density at radius 2 is 2.00 bits per heavy atom. The number of methoxy groups -OCH3 is 1. The minimum Gasteiger partial charge on any atom is -0.504 e. The van der Waals surface area contributed by atoms with Crippen molar-refractivity contribution in [2.45, 2.75) is 12.6 Å². The molecule has 1 aromatic carbocycles. The molecule has 3 nitrogen and oxygen atoms in total. The van der Waals surface area contributed by atoms with Crippen LogP contribution in [0.4, 0.5) is 0 Å². The van der Waals surface area contributed by atoms with Crippen molar-refractivity contribution in [2.24, 2.45) is 0 Å². The summed E-state index contributed by atoms with van der Waals surface area (Å²) in [5, 5.41) is 9.81. The Hall–Kier alpha value is -0.520. The van der Waals surface area contributed by atoms with Crippen molar-refractivity contribution in [3.05, 3.63) is 23.8 Å². The van der Waals surface area contributed by atoms with E-state index in [9.17, 15) is 5.11 Å². The minimum absolute atomic E-state index is 0.220. The fraction of sp³-hybridized carbons (Fsp3) is 0.571. The van der Waals surface area contributed by atoms with Crippen LogP contribution < -0.4 is 4.74 Å². The lowest BCUT2D eigenvalue weighted by Gasteiger charge is -2.26. The Bertz CT molecular complexity index is 406. The molecule has 5 heteroatoms. The molecule has 0 bridgehead atoms. The molecule has 0 saturated carbocycles. The van der Waals surface area contributed by atoms with E-state index in [0.29, 0.717) is 11.8 Å². The van der Waals surface area contributed by atoms with Gasteiger partial charge in [-0.1, -0.05) is 6.07 Å². The molecule has 1 aromatic rings. The number of aromatic hydroxyl groups is 1. The van der Waals surface area contributed by atoms with Gasteiger partial charge < -0.3 is 9.84 Å². The summed E-state index contributed by atoms with van der Waals surface area (Å²) in [5.74, 6) is 5.68. The number of hydrogen-bond donors (Lipinski definition) is 1. The maximum Gasteiger partial charge on any atom is 0.160 e. The van der Waals surface area contributed by atoms with Crippen LogP contribution in [0.15, 0.2) is 18.2 Å². The zero-order valence-electron chi connectivity index (χ0n) is 11.5. The van der Waals surface area contributed by atoms with Crippen LogP contribution in [-0.2, 0) is 6.54 Å². The number of phenolic OH excluding ortho intramolecular Hbond substituents is 1. The third-order valence-corrected chi connectivity index (χ3v) is 5.78. The molecule has 0 spiro atoms. The molecule has 1 aliphatic heterocycles. The van der Waals surface area contributed by atoms with E-state index in [1.54, 1.807) is 13.2 Å². The molecule has 0 aliphatic carbocycles. The van der Waals surface area contributed by atoms with Crippen molar-refractivity contribution in [1.29, 1.82) is 0 Å². The summed E-state index contributed by atoms with van der Waals surface area (Å²) >= 11 is 4.08. The molecular formula is C14H21NO2S2. The SMILES string of the molecule is COc1ccc(CN(C)C2CSCCSC2)cc1O. The lowest BCUT2D eigenvalue weighted by molar-refractivity contribution is 0.273. The zero-order valence-corrected chi connectivity index (χ0v) is 13.1. The molecule has 0 unspecified atom stereocenters. The average molecular weight is 299 g/mol. The fourth-order valence-electron chi connectivity index (χ4n) is 2.11. The highest BCUT2D eigenvalue weighted by molar-refractivity contribution is 8.03. The van der Waals surface area contributed by atoms with E-state index in [-0.39, 0.29) is 5.75 Å². The predicted molar refractivity (Wildman–Crippen MR) is 84.6 cm³/mol. The second kappa shape index (κ2) is 7.31. The Balaban J connectivity index is 1.97. The number of benzene rings is 1. The van der Waals surface area contributed by atoms with Crippen molar-refractivity contribution < 1.29 is 9.84 Å². The van der Waals surface area contributed by atoms with Gasteiger partial charge in [0.2, 0.25) is 0 Å². The molecule has 1 N–H and O–H groups in total. The summed E-state index contributed by atoms with van der Waals surface area (Å²) in [4.78, 5) is 2.38. The van der Waals surface area contributed by atoms with Crippen molar-refractivity contribution in [2.75, 3.05) is 37.2 Å². The first-order valence-corrected chi connectivity index (χ1v) is 8.73. The van der Waals surface area contributed by atoms with Gasteiger partial charge in [-0.15, -0.1) is 0 Å². The summed E-state index contributed by atoms with van der Waals surface area (Å²) in [6.45, 7) is 0.864. The molecule has 1 heterocycles. The van der Waals surface area contributed by atoms with Gasteiger partial charge in [0.15, 0.2) is 11.5 Å². The van der Waals surface area contributed by atoms with E-state index >= 15 is 0 Å². The molecule has 2 rings (SSSR count). The highest BCUT2D eigenvalue weighted by Gasteiger charge is 2.18. The lowest BCUT2D eigenvalue weighted by Crippen LogP contribution is -2.34. The molecular weight excluding hydrogens is 278 g/mol. The van der Waals surface area contributed by atoms with Crippen LogP contribution in [-0.4, -0.2) is 53.2 Å². The number of nitrogens with zero attached hydrogens (tertiary/aromatic N) is 1. The van der Waals surface area contributed by atoms with E-state index < -0.39 is 0 Å². The fourth-order valence-corrected chi connectivity index (χ4v) is 4.82. The van der Waals surface area contributed by atoms with Crippen LogP contribution >= 0.6 is 23.5 Å². The van der Waals surface area contributed by atoms with Crippen molar-refractivity contribution in [1.82, 2.24) is 4.90 Å². The predicted octanol–water partition coefficient (Wildman–Crippen LogP) is 2.68. The lowest BCUT2D eigenvalue weighted by atomic mass is 10.1. The standard InChI is InChI=1S/C14H21NO2S2/c1-15(12-9-18-5-6-19-10-12)8-11-3-4-14(17-2)13(16)7-11/h3-4,7,12,16H,5-6,8-10H2,1-2H3. The molecule has 0 aromatic heterocycles. The summed E-state index contributed by atoms with van der Waals surface area (Å²) < 4.78 is 5.07. The average Bonchev–Trinajstić information content (AvgIpc) is 2.68. The highest BCUT2D eigenvalue weighted by atomic mass is 32.2. The molecule has 1 saturated heterocycles. The Morgan fingerprint density at radius 1 is 1.32 bits per heavy atom. The number of phenols is 1. The van der Waals surface area contributed by atoms with Gasteiger partial charge in [0.1, 0.15) is 0 Å². The van der Waals surface area contributed by atoms with Gasteiger partial charge in [0.25, 0.3) is 0 Å². The van der Waals surface area contributed by atoms with Crippen molar-refractivity contribution >= 4 is 23.5 Å². The maximum absolute atomic E-state index is 9.81. The number of thioether (sulfide) groups is 2. The quantitative estimate of drug-likeness (QED) is 0.924. The molecule has 1 aliphatic rings. The Labute approximate surface area is 123 Å². The van der Waals surface area contributed by atoms with Crippen LogP contribution in [0.2, 0.25) is 0 Å². The maximum atomic E-state index is 9.81. The monoisotopic (exact) mass is 299 g/mol. The first-order chi connectivity index (χ1) is 9.20. The second-order valence-electron chi connectivity index (χ2n) is 4.72. The van der Waals surface area contributed by atoms with E-state index in [1.807, 2.05) is 35.7 Å². The van der Waals surface area contributed by atoms with E-state index in [4.69, 9.17) is 4.74 Å². The molecule has 0 amide bonds. The normalized spacial score (nSPS) is 17.4. The van der Waals surface area contributed by atoms with E-state index in [1.165, 1.54) is 23.0 Å². The zero-order chi connectivity index (χ0) is 13.7. The van der Waals surface area contributed by atoms with Crippen molar-refractivity contribution in [3.63, 3.8) is 0 Å². The van der Waals surface area contributed by atoms with Gasteiger partial charge in [0.05, 0.1) is 7.11 Å². The number of hydrogen-bond acceptors (Lipinski definition) is 5. The van der Waals surface area contributed by atoms with Gasteiger partial charge in [-0.25, -0.2) is 0 Å². The van der Waals surface area contributed by atoms with Gasteiger partial charge in [-0.2, -0.15) is 23.5 Å². The number of rotatable bonds is 4. The van der Waals surface area contributed by atoms with Gasteiger partial charge in [-0.3, -0.25) is 4.90 Å². The first kappa shape index (κ1) is 14.9. The second-order valence-corrected chi connectivity index (χ2v) is 7.02. The minimum atomic E-state index is 0.220. The molecule has 0 radical (unpaired) electrons. The third kappa shape index (κ3) is 4.23. The Morgan fingerprint density at radius 3 is 2.58 bits per heavy atom. The smallest absolute Gasteiger partial charge is 0.160 e. The topological polar surface area (TPSA) is 32.7 Å². The third-order valence-electron chi connectivity index (χ3n) is 3.29. The molecule has 106 valence electrons. The molecule has 1 fully saturated rings. The van der Waals surface area contributed by atoms with Crippen LogP contribution in [0, 0.1) is 0 Å². The van der Waals surface area contributed by atoms with Crippen molar-refractivity contribution in [3.8, 4) is 11.5 Å². The van der Waals surface area contributed by atoms with Crippen LogP contribution in [0.3, 0.4) is 0 Å². The highest BCUT2D eigenvalue weighted by Crippen LogP contribution is 2.27. The van der Waals surface area contributed by atoms with Crippen LogP contribution in [0.25, 0.3) is 0 Å². The van der Waals surface area contributed by atoms with Crippen LogP contribution in [0.1, 0.15) is 5.56 Å². The first-order valence-electron chi connectivity index (χ1n) is 6.42. The van der Waals surface area contributed by atoms with E-state index in [0.717, 1.165) is 12.1 Å². The molecule has 19 heavy (non-hydrogen) atoms. The van der Waals surface area contributed by atoms with Gasteiger partial charge >= 0.3 is 0 Å².